The second-order valence-electron chi connectivity index (χ2n) is 7.55. The van der Waals surface area contributed by atoms with Gasteiger partial charge in [-0.2, -0.15) is 13.2 Å². The predicted molar refractivity (Wildman–Crippen MR) is 104 cm³/mol. The fourth-order valence-corrected chi connectivity index (χ4v) is 3.74. The van der Waals surface area contributed by atoms with E-state index in [2.05, 4.69) is 4.98 Å². The van der Waals surface area contributed by atoms with Crippen molar-refractivity contribution in [3.63, 3.8) is 0 Å². The Morgan fingerprint density at radius 1 is 1.20 bits per heavy atom. The van der Waals surface area contributed by atoms with Gasteiger partial charge in [0, 0.05) is 19.5 Å². The lowest BCUT2D eigenvalue weighted by Crippen LogP contribution is -2.47. The van der Waals surface area contributed by atoms with Gasteiger partial charge in [0.25, 0.3) is 0 Å². The van der Waals surface area contributed by atoms with Crippen LogP contribution >= 0.6 is 0 Å². The molecule has 158 valence electrons. The van der Waals surface area contributed by atoms with Crippen LogP contribution in [0.25, 0.3) is 0 Å². The van der Waals surface area contributed by atoms with Crippen LogP contribution in [-0.4, -0.2) is 42.2 Å². The largest absolute Gasteiger partial charge is 0.421 e. The van der Waals surface area contributed by atoms with Crippen LogP contribution in [-0.2, 0) is 0 Å². The maximum atomic E-state index is 12.9. The number of Topliss-reactive ketones (excluding diaryl/α,β-unsaturated/α-hetero) is 1. The highest BCUT2D eigenvalue weighted by Crippen LogP contribution is 2.39. The highest BCUT2D eigenvalue weighted by atomic mass is 19.4. The smallest absolute Gasteiger partial charge is 0.410 e. The molecule has 2 aliphatic rings. The van der Waals surface area contributed by atoms with Crippen molar-refractivity contribution in [1.29, 1.82) is 0 Å². The van der Waals surface area contributed by atoms with Gasteiger partial charge in [-0.1, -0.05) is 25.1 Å². The molecule has 0 N–H and O–H groups in total. The molecule has 6 nitrogen and oxygen atoms in total. The van der Waals surface area contributed by atoms with Gasteiger partial charge in [-0.3, -0.25) is 9.69 Å². The number of rotatable bonds is 4. The van der Waals surface area contributed by atoms with Crippen molar-refractivity contribution in [3.05, 3.63) is 48.2 Å². The van der Waals surface area contributed by atoms with E-state index in [1.807, 2.05) is 4.90 Å². The number of pyridine rings is 1. The van der Waals surface area contributed by atoms with Crippen molar-refractivity contribution in [2.24, 2.45) is 5.92 Å². The summed E-state index contributed by atoms with van der Waals surface area (Å²) in [5.41, 5.74) is 0.569. The Balaban J connectivity index is 1.63. The number of fused-ring (bicyclic) bond motifs is 4. The summed E-state index contributed by atoms with van der Waals surface area (Å²) in [5.74, 6) is -1.88. The molecule has 1 aromatic carbocycles. The van der Waals surface area contributed by atoms with Gasteiger partial charge in [-0.15, -0.1) is 0 Å². The zero-order valence-electron chi connectivity index (χ0n) is 16.2. The van der Waals surface area contributed by atoms with Gasteiger partial charge in [0.05, 0.1) is 17.6 Å². The van der Waals surface area contributed by atoms with Gasteiger partial charge in [0.1, 0.15) is 11.4 Å². The van der Waals surface area contributed by atoms with E-state index in [0.29, 0.717) is 30.9 Å². The molecule has 4 rings (SSSR count). The maximum absolute atomic E-state index is 12.9. The van der Waals surface area contributed by atoms with Gasteiger partial charge in [0.15, 0.2) is 11.6 Å². The third-order valence-corrected chi connectivity index (χ3v) is 5.43. The lowest BCUT2D eigenvalue weighted by molar-refractivity contribution is -0.168. The van der Waals surface area contributed by atoms with E-state index in [0.717, 1.165) is 6.92 Å². The third kappa shape index (κ3) is 3.83. The first-order valence-corrected chi connectivity index (χ1v) is 9.66. The molecule has 0 unspecified atom stereocenters. The van der Waals surface area contributed by atoms with E-state index in [9.17, 15) is 22.8 Å². The zero-order valence-corrected chi connectivity index (χ0v) is 16.2. The minimum atomic E-state index is -4.46. The van der Waals surface area contributed by atoms with E-state index in [1.165, 1.54) is 11.0 Å². The second-order valence-corrected chi connectivity index (χ2v) is 7.55. The van der Waals surface area contributed by atoms with Crippen LogP contribution in [0.3, 0.4) is 0 Å². The summed E-state index contributed by atoms with van der Waals surface area (Å²) in [6.45, 7) is 2.29. The fourth-order valence-electron chi connectivity index (χ4n) is 3.74. The first kappa shape index (κ1) is 20.2. The lowest BCUT2D eigenvalue weighted by atomic mass is 10.0. The Hall–Kier alpha value is -3.10. The molecular weight excluding hydrogens is 399 g/mol. The number of benzene rings is 1. The third-order valence-electron chi connectivity index (χ3n) is 5.43. The van der Waals surface area contributed by atoms with Crippen LogP contribution in [0.4, 0.5) is 29.5 Å². The van der Waals surface area contributed by atoms with Gasteiger partial charge < -0.3 is 9.64 Å². The summed E-state index contributed by atoms with van der Waals surface area (Å²) in [6, 6.07) is 11.4. The molecule has 2 bridgehead atoms. The number of halogens is 3. The van der Waals surface area contributed by atoms with Gasteiger partial charge >= 0.3 is 12.3 Å². The van der Waals surface area contributed by atoms with Gasteiger partial charge in [0.2, 0.25) is 0 Å². The normalized spacial score (nSPS) is 18.7. The number of hydrogen-bond acceptors (Lipinski definition) is 5. The van der Waals surface area contributed by atoms with Crippen molar-refractivity contribution in [2.45, 2.75) is 32.0 Å². The zero-order chi connectivity index (χ0) is 21.5. The van der Waals surface area contributed by atoms with E-state index >= 15 is 0 Å². The van der Waals surface area contributed by atoms with Crippen molar-refractivity contribution in [3.8, 4) is 5.75 Å². The number of ketones is 1. The van der Waals surface area contributed by atoms with E-state index in [4.69, 9.17) is 4.74 Å². The van der Waals surface area contributed by atoms with Gasteiger partial charge in [-0.05, 0) is 30.7 Å². The van der Waals surface area contributed by atoms with Crippen LogP contribution in [0.15, 0.2) is 42.5 Å². The number of anilines is 2. The average Bonchev–Trinajstić information content (AvgIpc) is 3.12. The molecule has 30 heavy (non-hydrogen) atoms. The molecule has 0 spiro atoms. The van der Waals surface area contributed by atoms with Crippen molar-refractivity contribution >= 4 is 23.4 Å². The van der Waals surface area contributed by atoms with Gasteiger partial charge in [-0.25, -0.2) is 9.78 Å². The molecular formula is C21H20F3N3O3. The minimum absolute atomic E-state index is 0.0927. The first-order chi connectivity index (χ1) is 14.2. The molecule has 1 aromatic heterocycles. The highest BCUT2D eigenvalue weighted by Gasteiger charge is 2.42. The summed E-state index contributed by atoms with van der Waals surface area (Å²) in [4.78, 5) is 33.1. The Kier molecular flexibility index (Phi) is 5.13. The molecule has 0 radical (unpaired) electrons. The maximum Gasteiger partial charge on any atom is 0.421 e. The van der Waals surface area contributed by atoms with E-state index in [1.54, 1.807) is 36.4 Å². The predicted octanol–water partition coefficient (Wildman–Crippen LogP) is 4.45. The average molecular weight is 419 g/mol. The van der Waals surface area contributed by atoms with Crippen LogP contribution in [0.5, 0.6) is 5.75 Å². The summed E-state index contributed by atoms with van der Waals surface area (Å²) in [6.07, 6.45) is -5.08. The lowest BCUT2D eigenvalue weighted by Gasteiger charge is -2.35. The number of amides is 1. The highest BCUT2D eigenvalue weighted by molar-refractivity contribution is 5.98. The number of carbonyl (C=O) groups excluding carboxylic acids is 2. The van der Waals surface area contributed by atoms with Crippen LogP contribution in [0, 0.1) is 5.92 Å². The van der Waals surface area contributed by atoms with Crippen LogP contribution < -0.4 is 14.5 Å². The summed E-state index contributed by atoms with van der Waals surface area (Å²) in [5, 5.41) is 0. The fraction of sp³-hybridized carbons (Fsp3) is 0.381. The quantitative estimate of drug-likeness (QED) is 0.686. The molecule has 2 atom stereocenters. The van der Waals surface area contributed by atoms with Crippen LogP contribution in [0.1, 0.15) is 30.3 Å². The molecule has 1 fully saturated rings. The number of carbonyl (C=O) groups is 2. The Morgan fingerprint density at radius 3 is 2.63 bits per heavy atom. The van der Waals surface area contributed by atoms with E-state index in [-0.39, 0.29) is 17.6 Å². The molecule has 2 aromatic rings. The number of para-hydroxylation sites is 1. The minimum Gasteiger partial charge on any atom is -0.410 e. The Labute approximate surface area is 171 Å². The molecule has 0 saturated carbocycles. The number of ether oxygens (including phenoxy) is 1. The monoisotopic (exact) mass is 419 g/mol. The number of hydrogen-bond donors (Lipinski definition) is 0. The van der Waals surface area contributed by atoms with Crippen molar-refractivity contribution in [2.75, 3.05) is 22.9 Å². The second kappa shape index (κ2) is 7.62. The number of nitrogens with zero attached hydrogens (tertiary/aromatic N) is 3. The van der Waals surface area contributed by atoms with Crippen molar-refractivity contribution in [1.82, 2.24) is 4.98 Å². The molecule has 9 heteroatoms. The summed E-state index contributed by atoms with van der Waals surface area (Å²) < 4.78 is 44.0. The standard InChI is InChI=1S/C21H20F3N3O3/c1-13(21(22,23)24)11-18(28)16-7-8-17-19(25-16)27(14-9-10-26(17)12-14)20(29)30-15-5-3-2-4-6-15/h2-8,13-14H,9-12H2,1H3/t13-,14-/m0/s1. The first-order valence-electron chi connectivity index (χ1n) is 9.66. The van der Waals surface area contributed by atoms with Crippen molar-refractivity contribution < 1.29 is 27.5 Å². The molecule has 3 heterocycles. The molecule has 1 amide bonds. The number of alkyl halides is 3. The topological polar surface area (TPSA) is 62.7 Å². The SMILES string of the molecule is C[C@@H](CC(=O)c1ccc2c(n1)N(C(=O)Oc1ccccc1)[C@H]1CCN2C1)C(F)(F)F. The number of aromatic nitrogens is 1. The molecule has 0 aliphatic carbocycles. The molecule has 1 saturated heterocycles. The summed E-state index contributed by atoms with van der Waals surface area (Å²) in [7, 11) is 0. The van der Waals surface area contributed by atoms with Crippen LogP contribution in [0.2, 0.25) is 0 Å². The molecule has 2 aliphatic heterocycles. The van der Waals surface area contributed by atoms with E-state index < -0.39 is 30.4 Å². The summed E-state index contributed by atoms with van der Waals surface area (Å²) >= 11 is 0. The Bertz CT molecular complexity index is 965. The Morgan fingerprint density at radius 2 is 1.93 bits per heavy atom.